The Balaban J connectivity index is 3.88. The molecule has 0 aliphatic heterocycles. The lowest BCUT2D eigenvalue weighted by Crippen LogP contribution is -2.38. The topological polar surface area (TPSA) is 0 Å². The van der Waals surface area contributed by atoms with E-state index in [0.717, 1.165) is 10.8 Å². The molecule has 74 valence electrons. The molecule has 7 heteroatoms. The highest BCUT2D eigenvalue weighted by molar-refractivity contribution is 8.76. The predicted octanol–water partition coefficient (Wildman–Crippen LogP) is 3.59. The SMILES string of the molecule is CCSSCC(F)(F)C(F)(F)F. The van der Waals surface area contributed by atoms with Crippen molar-refractivity contribution in [1.29, 1.82) is 0 Å². The van der Waals surface area contributed by atoms with E-state index in [0.29, 0.717) is 16.5 Å². The Labute approximate surface area is 74.7 Å². The van der Waals surface area contributed by atoms with Crippen molar-refractivity contribution in [3.63, 3.8) is 0 Å². The molecular weight excluding hydrogens is 219 g/mol. The van der Waals surface area contributed by atoms with Crippen LogP contribution in [-0.2, 0) is 0 Å². The molecule has 0 nitrogen and oxygen atoms in total. The summed E-state index contributed by atoms with van der Waals surface area (Å²) in [7, 11) is 1.52. The molecule has 0 saturated heterocycles. The van der Waals surface area contributed by atoms with E-state index >= 15 is 0 Å². The van der Waals surface area contributed by atoms with E-state index in [4.69, 9.17) is 0 Å². The number of alkyl halides is 5. The van der Waals surface area contributed by atoms with Gasteiger partial charge in [-0.15, -0.1) is 0 Å². The summed E-state index contributed by atoms with van der Waals surface area (Å²) in [6.07, 6.45) is -5.42. The average Bonchev–Trinajstić information content (AvgIpc) is 1.85. The van der Waals surface area contributed by atoms with Crippen molar-refractivity contribution in [2.75, 3.05) is 11.5 Å². The van der Waals surface area contributed by atoms with Gasteiger partial charge in [0.2, 0.25) is 0 Å². The zero-order chi connectivity index (χ0) is 9.83. The summed E-state index contributed by atoms with van der Waals surface area (Å²) in [4.78, 5) is 0. The lowest BCUT2D eigenvalue weighted by Gasteiger charge is -2.18. The second kappa shape index (κ2) is 4.55. The summed E-state index contributed by atoms with van der Waals surface area (Å²) in [6, 6.07) is 0. The molecule has 0 unspecified atom stereocenters. The van der Waals surface area contributed by atoms with Crippen molar-refractivity contribution in [3.05, 3.63) is 0 Å². The van der Waals surface area contributed by atoms with Crippen LogP contribution in [-0.4, -0.2) is 23.6 Å². The molecule has 0 amide bonds. The lowest BCUT2D eigenvalue weighted by atomic mass is 10.4. The first-order valence-corrected chi connectivity index (χ1v) is 5.49. The Morgan fingerprint density at radius 3 is 1.83 bits per heavy atom. The van der Waals surface area contributed by atoms with Crippen molar-refractivity contribution in [3.8, 4) is 0 Å². The summed E-state index contributed by atoms with van der Waals surface area (Å²) in [6.45, 7) is 1.68. The Hall–Kier alpha value is 0.350. The molecule has 0 heterocycles. The number of rotatable bonds is 4. The summed E-state index contributed by atoms with van der Waals surface area (Å²) in [5, 5.41) is 0. The molecule has 0 aromatic heterocycles. The molecule has 0 aromatic rings. The zero-order valence-corrected chi connectivity index (χ0v) is 7.75. The highest BCUT2D eigenvalue weighted by Gasteiger charge is 2.57. The van der Waals surface area contributed by atoms with Gasteiger partial charge in [0.25, 0.3) is 0 Å². The van der Waals surface area contributed by atoms with Crippen LogP contribution >= 0.6 is 21.6 Å². The Kier molecular flexibility index (Phi) is 4.68. The Morgan fingerprint density at radius 2 is 1.50 bits per heavy atom. The smallest absolute Gasteiger partial charge is 0.195 e. The molecule has 0 N–H and O–H groups in total. The van der Waals surface area contributed by atoms with Gasteiger partial charge in [-0.25, -0.2) is 0 Å². The first kappa shape index (κ1) is 12.3. The van der Waals surface area contributed by atoms with E-state index in [2.05, 4.69) is 0 Å². The molecule has 0 aromatic carbocycles. The largest absolute Gasteiger partial charge is 0.454 e. The van der Waals surface area contributed by atoms with Gasteiger partial charge in [0, 0.05) is 5.75 Å². The summed E-state index contributed by atoms with van der Waals surface area (Å²) in [5.41, 5.74) is 0. The first-order valence-electron chi connectivity index (χ1n) is 3.00. The van der Waals surface area contributed by atoms with Crippen LogP contribution in [0.25, 0.3) is 0 Å². The first-order chi connectivity index (χ1) is 5.31. The van der Waals surface area contributed by atoms with Gasteiger partial charge in [-0.05, 0) is 0 Å². The van der Waals surface area contributed by atoms with E-state index in [-0.39, 0.29) is 0 Å². The average molecular weight is 226 g/mol. The van der Waals surface area contributed by atoms with Crippen molar-refractivity contribution in [2.45, 2.75) is 19.0 Å². The summed E-state index contributed by atoms with van der Waals surface area (Å²) >= 11 is 0. The number of hydrogen-bond acceptors (Lipinski definition) is 2. The molecule has 0 radical (unpaired) electrons. The normalized spacial score (nSPS) is 13.5. The van der Waals surface area contributed by atoms with Crippen LogP contribution in [0.5, 0.6) is 0 Å². The second-order valence-electron chi connectivity index (χ2n) is 1.87. The van der Waals surface area contributed by atoms with Gasteiger partial charge in [0.15, 0.2) is 0 Å². The number of hydrogen-bond donors (Lipinski definition) is 0. The summed E-state index contributed by atoms with van der Waals surface area (Å²) in [5.74, 6) is -5.27. The maximum atomic E-state index is 12.1. The predicted molar refractivity (Wildman–Crippen MR) is 41.6 cm³/mol. The van der Waals surface area contributed by atoms with Crippen LogP contribution in [0.2, 0.25) is 0 Å². The van der Waals surface area contributed by atoms with Gasteiger partial charge in [0.1, 0.15) is 0 Å². The van der Waals surface area contributed by atoms with Crippen molar-refractivity contribution in [2.24, 2.45) is 0 Å². The highest BCUT2D eigenvalue weighted by atomic mass is 33.1. The van der Waals surface area contributed by atoms with Crippen LogP contribution in [0, 0.1) is 0 Å². The lowest BCUT2D eigenvalue weighted by molar-refractivity contribution is -0.270. The standard InChI is InChI=1S/C5H7F5S2/c1-2-11-12-3-4(6,7)5(8,9)10/h2-3H2,1H3. The third-order valence-corrected chi connectivity index (χ3v) is 3.30. The molecule has 0 saturated carbocycles. The minimum absolute atomic E-state index is 0.513. The van der Waals surface area contributed by atoms with Gasteiger partial charge >= 0.3 is 12.1 Å². The molecule has 12 heavy (non-hydrogen) atoms. The maximum Gasteiger partial charge on any atom is 0.454 e. The fourth-order valence-corrected chi connectivity index (χ4v) is 2.04. The van der Waals surface area contributed by atoms with Crippen molar-refractivity contribution < 1.29 is 22.0 Å². The molecular formula is C5H7F5S2. The Bertz CT molecular complexity index is 132. The monoisotopic (exact) mass is 226 g/mol. The summed E-state index contributed by atoms with van der Waals surface area (Å²) < 4.78 is 58.7. The number of halogens is 5. The molecule has 0 aliphatic rings. The van der Waals surface area contributed by atoms with Crippen LogP contribution in [0.15, 0.2) is 0 Å². The zero-order valence-electron chi connectivity index (χ0n) is 6.12. The van der Waals surface area contributed by atoms with Gasteiger partial charge < -0.3 is 0 Å². The fourth-order valence-electron chi connectivity index (χ4n) is 0.281. The van der Waals surface area contributed by atoms with E-state index in [1.54, 1.807) is 6.92 Å². The van der Waals surface area contributed by atoms with Crippen LogP contribution in [0.1, 0.15) is 6.92 Å². The van der Waals surface area contributed by atoms with Gasteiger partial charge in [-0.3, -0.25) is 0 Å². The van der Waals surface area contributed by atoms with E-state index in [1.165, 1.54) is 0 Å². The van der Waals surface area contributed by atoms with Crippen molar-refractivity contribution in [1.82, 2.24) is 0 Å². The second-order valence-corrected chi connectivity index (χ2v) is 4.62. The van der Waals surface area contributed by atoms with E-state index in [1.807, 2.05) is 0 Å². The van der Waals surface area contributed by atoms with E-state index in [9.17, 15) is 22.0 Å². The minimum Gasteiger partial charge on any atom is -0.195 e. The van der Waals surface area contributed by atoms with Gasteiger partial charge in [0.05, 0.1) is 5.75 Å². The third-order valence-electron chi connectivity index (χ3n) is 0.856. The fraction of sp³-hybridized carbons (Fsp3) is 1.00. The minimum atomic E-state index is -5.42. The Morgan fingerprint density at radius 1 is 1.00 bits per heavy atom. The van der Waals surface area contributed by atoms with Crippen LogP contribution in [0.4, 0.5) is 22.0 Å². The van der Waals surface area contributed by atoms with Crippen LogP contribution < -0.4 is 0 Å². The molecule has 0 fully saturated rings. The van der Waals surface area contributed by atoms with Gasteiger partial charge in [-0.2, -0.15) is 22.0 Å². The molecule has 0 rings (SSSR count). The van der Waals surface area contributed by atoms with Gasteiger partial charge in [-0.1, -0.05) is 28.5 Å². The molecule has 0 aliphatic carbocycles. The highest BCUT2D eigenvalue weighted by Crippen LogP contribution is 2.40. The van der Waals surface area contributed by atoms with Crippen molar-refractivity contribution >= 4 is 21.6 Å². The maximum absolute atomic E-state index is 12.1. The van der Waals surface area contributed by atoms with E-state index < -0.39 is 17.9 Å². The molecule has 0 bridgehead atoms. The quantitative estimate of drug-likeness (QED) is 0.408. The third kappa shape index (κ3) is 3.84. The molecule has 0 atom stereocenters. The molecule has 0 spiro atoms. The van der Waals surface area contributed by atoms with Crippen LogP contribution in [0.3, 0.4) is 0 Å².